The van der Waals surface area contributed by atoms with Gasteiger partial charge in [-0.1, -0.05) is 46.2 Å². The molecule has 1 aromatic heterocycles. The van der Waals surface area contributed by atoms with E-state index in [1.54, 1.807) is 46.9 Å². The molecule has 1 aliphatic heterocycles. The molecular weight excluding hydrogens is 871 g/mol. The number of aliphatic imine (C=N–C) groups is 1. The van der Waals surface area contributed by atoms with Gasteiger partial charge in [-0.05, 0) is 76.1 Å². The van der Waals surface area contributed by atoms with Crippen molar-refractivity contribution >= 4 is 53.3 Å². The van der Waals surface area contributed by atoms with Crippen LogP contribution in [-0.4, -0.2) is 147 Å². The summed E-state index contributed by atoms with van der Waals surface area (Å²) < 4.78 is 0. The third-order valence-electron chi connectivity index (χ3n) is 11.4. The summed E-state index contributed by atoms with van der Waals surface area (Å²) in [7, 11) is 1.57. The number of nitrogens with one attached hydrogen (secondary N) is 8. The van der Waals surface area contributed by atoms with E-state index in [9.17, 15) is 48.6 Å². The minimum absolute atomic E-state index is 0.0421. The van der Waals surface area contributed by atoms with Crippen LogP contribution in [0.1, 0.15) is 84.9 Å². The topological polar surface area (TPSA) is 358 Å². The summed E-state index contributed by atoms with van der Waals surface area (Å²) in [6.45, 7) is 9.92. The van der Waals surface area contributed by atoms with Gasteiger partial charge in [-0.3, -0.25) is 38.6 Å². The second-order valence-electron chi connectivity index (χ2n) is 17.6. The molecule has 7 atom stereocenters. The molecule has 67 heavy (non-hydrogen) atoms. The third kappa shape index (κ3) is 16.9. The maximum Gasteiger partial charge on any atom is 0.326 e. The van der Waals surface area contributed by atoms with Gasteiger partial charge in [-0.2, -0.15) is 0 Å². The van der Waals surface area contributed by atoms with Gasteiger partial charge in [-0.15, -0.1) is 0 Å². The van der Waals surface area contributed by atoms with Crippen LogP contribution in [-0.2, 0) is 51.2 Å². The summed E-state index contributed by atoms with van der Waals surface area (Å²) in [4.78, 5) is 121. The Labute approximate surface area is 390 Å². The number of guanidine groups is 1. The lowest BCUT2D eigenvalue weighted by Gasteiger charge is -2.33. The highest BCUT2D eigenvalue weighted by atomic mass is 16.4. The molecule has 370 valence electrons. The number of aromatic hydroxyl groups is 1. The van der Waals surface area contributed by atoms with Gasteiger partial charge >= 0.3 is 5.97 Å². The molecule has 0 radical (unpaired) electrons. The quantitative estimate of drug-likeness (QED) is 0.0284. The van der Waals surface area contributed by atoms with Gasteiger partial charge in [0, 0.05) is 37.8 Å². The molecule has 0 bridgehead atoms. The maximum atomic E-state index is 14.3. The van der Waals surface area contributed by atoms with E-state index in [0.717, 1.165) is 0 Å². The number of phenolic OH excluding ortho intramolecular Hbond substituents is 1. The Balaban J connectivity index is 1.87. The number of likely N-dealkylation sites (tertiary alicyclic amines) is 1. The number of hydrogen-bond donors (Lipinski definition) is 12. The number of H-pyrrole nitrogens is 1. The number of aliphatic carboxylic acids is 1. The van der Waals surface area contributed by atoms with Crippen LogP contribution in [0, 0.1) is 11.8 Å². The Hall–Kier alpha value is -6.78. The zero-order valence-electron chi connectivity index (χ0n) is 39.3. The van der Waals surface area contributed by atoms with E-state index in [1.165, 1.54) is 43.4 Å². The van der Waals surface area contributed by atoms with Gasteiger partial charge in [0.25, 0.3) is 0 Å². The molecule has 2 aromatic rings. The van der Waals surface area contributed by atoms with Crippen LogP contribution in [0.25, 0.3) is 0 Å². The minimum atomic E-state index is -1.74. The van der Waals surface area contributed by atoms with E-state index in [0.29, 0.717) is 30.5 Å². The van der Waals surface area contributed by atoms with Crippen molar-refractivity contribution in [1.29, 1.82) is 0 Å². The lowest BCUT2D eigenvalue weighted by atomic mass is 9.98. The standard InChI is InChI=1S/C44H69N13O10/c1-8-25(4)35(41(65)66)55-38(62)32-12-10-18-57(32)40(64)31(20-27-21-48-23-50-27)53-42(67)44(5,6)56-37(61)30(19-26-13-15-28(58)16-14-26)52-39(63)34(24(2)3)54-36(60)29(51-33(59)22-47-7)11-9-17-49-43(45)46/h13-16,21,23-25,29-32,34-35,47,58H,8-12,17-20,22H2,1-7H3,(H,48,50)(H,51,59)(H,52,63)(H,53,67)(H,54,60)(H,55,62)(H,56,61)(H,65,66)(H4,45,46,49)/t25-,29-,30-,31-,32-,34-,35-/m0/s1. The Bertz CT molecular complexity index is 2040. The molecule has 1 fully saturated rings. The van der Waals surface area contributed by atoms with Crippen molar-refractivity contribution in [3.63, 3.8) is 0 Å². The molecule has 23 nitrogen and oxygen atoms in total. The number of aromatic nitrogens is 2. The van der Waals surface area contributed by atoms with Crippen molar-refractivity contribution in [1.82, 2.24) is 52.1 Å². The number of nitrogens with zero attached hydrogens (tertiary/aromatic N) is 3. The molecule has 0 aliphatic carbocycles. The summed E-state index contributed by atoms with van der Waals surface area (Å²) in [6.07, 6.45) is 4.29. The van der Waals surface area contributed by atoms with E-state index in [1.807, 2.05) is 0 Å². The molecular formula is C44H69N13O10. The monoisotopic (exact) mass is 940 g/mol. The molecule has 1 saturated heterocycles. The van der Waals surface area contributed by atoms with Crippen LogP contribution in [0.15, 0.2) is 41.8 Å². The van der Waals surface area contributed by atoms with Crippen molar-refractivity contribution in [3.05, 3.63) is 48.0 Å². The summed E-state index contributed by atoms with van der Waals surface area (Å²) in [5.74, 6) is -7.04. The number of carbonyl (C=O) groups excluding carboxylic acids is 7. The Kier molecular flexibility index (Phi) is 21.0. The van der Waals surface area contributed by atoms with E-state index >= 15 is 0 Å². The van der Waals surface area contributed by atoms with Gasteiger partial charge in [-0.25, -0.2) is 9.78 Å². The van der Waals surface area contributed by atoms with Crippen molar-refractivity contribution in [2.45, 2.75) is 128 Å². The number of benzene rings is 1. The first-order valence-electron chi connectivity index (χ1n) is 22.4. The lowest BCUT2D eigenvalue weighted by molar-refractivity contribution is -0.146. The number of carbonyl (C=O) groups is 8. The first kappa shape index (κ1) is 54.6. The van der Waals surface area contributed by atoms with E-state index in [2.05, 4.69) is 52.2 Å². The number of amides is 7. The summed E-state index contributed by atoms with van der Waals surface area (Å²) in [6, 6.07) is -1.20. The zero-order chi connectivity index (χ0) is 50.0. The van der Waals surface area contributed by atoms with Crippen LogP contribution < -0.4 is 48.7 Å². The van der Waals surface area contributed by atoms with Gasteiger partial charge in [0.05, 0.1) is 12.9 Å². The summed E-state index contributed by atoms with van der Waals surface area (Å²) in [5, 5.41) is 38.5. The number of rotatable bonds is 26. The summed E-state index contributed by atoms with van der Waals surface area (Å²) in [5.41, 5.74) is 10.1. The fraction of sp³-hybridized carbons (Fsp3) is 0.591. The minimum Gasteiger partial charge on any atom is -0.508 e. The van der Waals surface area contributed by atoms with E-state index in [-0.39, 0.29) is 62.9 Å². The number of hydrogen-bond acceptors (Lipinski definition) is 12. The van der Waals surface area contributed by atoms with Crippen molar-refractivity contribution in [2.24, 2.45) is 28.3 Å². The molecule has 3 rings (SSSR count). The van der Waals surface area contributed by atoms with Gasteiger partial charge in [0.2, 0.25) is 41.4 Å². The molecule has 0 spiro atoms. The molecule has 0 saturated carbocycles. The average Bonchev–Trinajstić information content (AvgIpc) is 3.98. The van der Waals surface area contributed by atoms with E-state index in [4.69, 9.17) is 11.5 Å². The Morgan fingerprint density at radius 2 is 1.58 bits per heavy atom. The van der Waals surface area contributed by atoms with Crippen LogP contribution in [0.3, 0.4) is 0 Å². The highest BCUT2D eigenvalue weighted by Crippen LogP contribution is 2.22. The molecule has 1 aliphatic rings. The second-order valence-corrected chi connectivity index (χ2v) is 17.6. The maximum absolute atomic E-state index is 14.3. The van der Waals surface area contributed by atoms with Crippen LogP contribution >= 0.6 is 0 Å². The number of likely N-dealkylation sites (N-methyl/N-ethyl adjacent to an activating group) is 1. The van der Waals surface area contributed by atoms with Crippen molar-refractivity contribution in [2.75, 3.05) is 26.7 Å². The van der Waals surface area contributed by atoms with Crippen LogP contribution in [0.2, 0.25) is 0 Å². The number of carboxylic acids is 1. The summed E-state index contributed by atoms with van der Waals surface area (Å²) >= 11 is 0. The number of phenols is 1. The van der Waals surface area contributed by atoms with E-state index < -0.39 is 95.0 Å². The molecule has 23 heteroatoms. The molecule has 7 amide bonds. The largest absolute Gasteiger partial charge is 0.508 e. The molecule has 14 N–H and O–H groups in total. The number of imidazole rings is 1. The smallest absolute Gasteiger partial charge is 0.326 e. The van der Waals surface area contributed by atoms with Gasteiger partial charge in [0.15, 0.2) is 5.96 Å². The van der Waals surface area contributed by atoms with Gasteiger partial charge in [0.1, 0.15) is 47.5 Å². The predicted octanol–water partition coefficient (Wildman–Crippen LogP) is -1.73. The first-order chi connectivity index (χ1) is 31.6. The fourth-order valence-electron chi connectivity index (χ4n) is 7.35. The Morgan fingerprint density at radius 3 is 2.16 bits per heavy atom. The Morgan fingerprint density at radius 1 is 0.896 bits per heavy atom. The first-order valence-corrected chi connectivity index (χ1v) is 22.4. The van der Waals surface area contributed by atoms with Crippen molar-refractivity contribution < 1.29 is 48.6 Å². The number of nitrogens with two attached hydrogens (primary N) is 2. The molecule has 1 aromatic carbocycles. The van der Waals surface area contributed by atoms with Crippen molar-refractivity contribution in [3.8, 4) is 5.75 Å². The van der Waals surface area contributed by atoms with Gasteiger partial charge < -0.3 is 68.8 Å². The zero-order valence-corrected chi connectivity index (χ0v) is 39.3. The fourth-order valence-corrected chi connectivity index (χ4v) is 7.35. The lowest BCUT2D eigenvalue weighted by Crippen LogP contribution is -2.64. The highest BCUT2D eigenvalue weighted by molar-refractivity contribution is 5.99. The van der Waals surface area contributed by atoms with Crippen LogP contribution in [0.4, 0.5) is 0 Å². The third-order valence-corrected chi connectivity index (χ3v) is 11.4. The molecule has 2 heterocycles. The van der Waals surface area contributed by atoms with Crippen LogP contribution in [0.5, 0.6) is 5.75 Å². The number of aromatic amines is 1. The normalized spacial score (nSPS) is 16.3. The second kappa shape index (κ2) is 25.8. The highest BCUT2D eigenvalue weighted by Gasteiger charge is 2.42. The predicted molar refractivity (Wildman–Crippen MR) is 246 cm³/mol. The average molecular weight is 940 g/mol. The SMILES string of the molecule is CC[C@H](C)[C@H](NC(=O)[C@@H]1CCCN1C(=O)[C@H](Cc1cnc[nH]1)NC(=O)C(C)(C)NC(=O)[C@H](Cc1ccc(O)cc1)NC(=O)[C@@H](NC(=O)[C@H](CCCN=C(N)N)NC(=O)CNC)C(C)C)C(=O)O. The molecule has 0 unspecified atom stereocenters. The number of carboxylic acid groups (broad SMARTS) is 1.